The summed E-state index contributed by atoms with van der Waals surface area (Å²) in [6.45, 7) is 3.53. The third-order valence-corrected chi connectivity index (χ3v) is 6.49. The van der Waals surface area contributed by atoms with Gasteiger partial charge in [0.25, 0.3) is 0 Å². The van der Waals surface area contributed by atoms with Gasteiger partial charge in [0.15, 0.2) is 0 Å². The van der Waals surface area contributed by atoms with Crippen LogP contribution in [-0.2, 0) is 0 Å². The Hall–Kier alpha value is -2.28. The van der Waals surface area contributed by atoms with Gasteiger partial charge < -0.3 is 4.90 Å². The van der Waals surface area contributed by atoms with Crippen molar-refractivity contribution in [2.24, 2.45) is 0 Å². The van der Waals surface area contributed by atoms with E-state index in [2.05, 4.69) is 87.5 Å². The molecule has 2 heterocycles. The summed E-state index contributed by atoms with van der Waals surface area (Å²) in [5.74, 6) is 0. The number of benzene rings is 2. The van der Waals surface area contributed by atoms with Crippen molar-refractivity contribution in [2.75, 3.05) is 19.6 Å². The maximum atomic E-state index is 3.16. The number of nitrogens with zero attached hydrogens (tertiary/aromatic N) is 1. The first kappa shape index (κ1) is 19.7. The normalized spacial score (nSPS) is 19.6. The molecule has 0 atom stereocenters. The zero-order valence-corrected chi connectivity index (χ0v) is 17.5. The Morgan fingerprint density at radius 1 is 0.767 bits per heavy atom. The summed E-state index contributed by atoms with van der Waals surface area (Å²) in [6.07, 6.45) is 10.8. The summed E-state index contributed by atoms with van der Waals surface area (Å²) in [7, 11) is 0. The van der Waals surface area contributed by atoms with Crippen LogP contribution in [0.5, 0.6) is 0 Å². The van der Waals surface area contributed by atoms with Crippen LogP contribution in [-0.4, -0.2) is 30.7 Å². The van der Waals surface area contributed by atoms with Gasteiger partial charge in [-0.15, -0.1) is 0 Å². The maximum absolute atomic E-state index is 3.16. The second-order valence-corrected chi connectivity index (χ2v) is 8.42. The van der Waals surface area contributed by atoms with Crippen LogP contribution in [0.3, 0.4) is 0 Å². The molecule has 0 radical (unpaired) electrons. The molecule has 5 rings (SSSR count). The summed E-state index contributed by atoms with van der Waals surface area (Å²) in [5, 5.41) is 0. The highest BCUT2D eigenvalue weighted by Gasteiger charge is 2.22. The zero-order valence-electron chi connectivity index (χ0n) is 17.5. The molecule has 5 heteroatoms. The van der Waals surface area contributed by atoms with E-state index in [0.29, 0.717) is 6.17 Å². The SMILES string of the molecule is C1=Cc2ccccc2C(=C2CCN(CCCCC3NNNN3)CC2)c2ccccc21. The second-order valence-electron chi connectivity index (χ2n) is 8.42. The van der Waals surface area contributed by atoms with Gasteiger partial charge in [-0.2, -0.15) is 11.1 Å². The fourth-order valence-corrected chi connectivity index (χ4v) is 4.85. The van der Waals surface area contributed by atoms with Crippen molar-refractivity contribution in [2.45, 2.75) is 38.3 Å². The van der Waals surface area contributed by atoms with Crippen LogP contribution in [0, 0.1) is 0 Å². The third kappa shape index (κ3) is 4.26. The smallest absolute Gasteiger partial charge is 0.0859 e. The van der Waals surface area contributed by atoms with Gasteiger partial charge in [-0.05, 0) is 66.5 Å². The highest BCUT2D eigenvalue weighted by molar-refractivity contribution is 5.94. The minimum absolute atomic E-state index is 0.326. The molecule has 0 amide bonds. The van der Waals surface area contributed by atoms with Gasteiger partial charge in [-0.3, -0.25) is 0 Å². The van der Waals surface area contributed by atoms with Crippen LogP contribution in [0.4, 0.5) is 0 Å². The average molecular weight is 402 g/mol. The lowest BCUT2D eigenvalue weighted by Gasteiger charge is -2.30. The van der Waals surface area contributed by atoms with Gasteiger partial charge in [0.2, 0.25) is 0 Å². The monoisotopic (exact) mass is 401 g/mol. The van der Waals surface area contributed by atoms with Gasteiger partial charge in [0.05, 0.1) is 6.17 Å². The molecule has 2 aromatic carbocycles. The average Bonchev–Trinajstić information content (AvgIpc) is 3.25. The number of unbranched alkanes of at least 4 members (excludes halogenated alkanes) is 1. The molecule has 156 valence electrons. The van der Waals surface area contributed by atoms with Gasteiger partial charge in [0.1, 0.15) is 0 Å². The summed E-state index contributed by atoms with van der Waals surface area (Å²) >= 11 is 0. The van der Waals surface area contributed by atoms with E-state index < -0.39 is 0 Å². The van der Waals surface area contributed by atoms with E-state index in [-0.39, 0.29) is 0 Å². The number of piperidine rings is 1. The quantitative estimate of drug-likeness (QED) is 0.492. The predicted molar refractivity (Wildman–Crippen MR) is 124 cm³/mol. The third-order valence-electron chi connectivity index (χ3n) is 6.49. The lowest BCUT2D eigenvalue weighted by atomic mass is 9.86. The number of nitrogens with one attached hydrogen (secondary N) is 4. The Morgan fingerprint density at radius 2 is 1.37 bits per heavy atom. The fraction of sp³-hybridized carbons (Fsp3) is 0.360. The molecule has 0 unspecified atom stereocenters. The van der Waals surface area contributed by atoms with E-state index in [1.54, 1.807) is 5.57 Å². The Labute approximate surface area is 179 Å². The van der Waals surface area contributed by atoms with Crippen molar-refractivity contribution in [1.82, 2.24) is 26.8 Å². The molecule has 4 N–H and O–H groups in total. The molecule has 30 heavy (non-hydrogen) atoms. The van der Waals surface area contributed by atoms with E-state index in [1.165, 1.54) is 60.3 Å². The number of hydrogen-bond acceptors (Lipinski definition) is 5. The van der Waals surface area contributed by atoms with Gasteiger partial charge >= 0.3 is 0 Å². The van der Waals surface area contributed by atoms with Crippen LogP contribution in [0.25, 0.3) is 17.7 Å². The van der Waals surface area contributed by atoms with Gasteiger partial charge in [-0.25, -0.2) is 10.9 Å². The van der Waals surface area contributed by atoms with Gasteiger partial charge in [-0.1, -0.05) is 66.3 Å². The first-order valence-electron chi connectivity index (χ1n) is 11.2. The lowest BCUT2D eigenvalue weighted by molar-refractivity contribution is 0.249. The second kappa shape index (κ2) is 9.25. The van der Waals surface area contributed by atoms with E-state index in [4.69, 9.17) is 0 Å². The Balaban J connectivity index is 1.28. The number of likely N-dealkylation sites (tertiary alicyclic amines) is 1. The molecule has 0 saturated carbocycles. The van der Waals surface area contributed by atoms with Crippen molar-refractivity contribution in [3.63, 3.8) is 0 Å². The Morgan fingerprint density at radius 3 is 2.00 bits per heavy atom. The van der Waals surface area contributed by atoms with Crippen molar-refractivity contribution in [1.29, 1.82) is 0 Å². The van der Waals surface area contributed by atoms with E-state index in [9.17, 15) is 0 Å². The van der Waals surface area contributed by atoms with E-state index in [1.807, 2.05) is 0 Å². The number of fused-ring (bicyclic) bond motifs is 2. The molecule has 1 aliphatic carbocycles. The topological polar surface area (TPSA) is 51.4 Å². The van der Waals surface area contributed by atoms with Crippen LogP contribution in [0.15, 0.2) is 54.1 Å². The molecule has 3 aliphatic rings. The molecular weight excluding hydrogens is 370 g/mol. The number of hydrazine groups is 3. The zero-order chi connectivity index (χ0) is 20.2. The molecule has 0 spiro atoms. The lowest BCUT2D eigenvalue weighted by Crippen LogP contribution is -2.34. The van der Waals surface area contributed by atoms with E-state index in [0.717, 1.165) is 19.3 Å². The van der Waals surface area contributed by atoms with Crippen molar-refractivity contribution < 1.29 is 0 Å². The first-order chi connectivity index (χ1) is 14.9. The summed E-state index contributed by atoms with van der Waals surface area (Å²) in [6, 6.07) is 17.7. The van der Waals surface area contributed by atoms with Gasteiger partial charge in [0, 0.05) is 13.1 Å². The molecule has 0 aromatic heterocycles. The first-order valence-corrected chi connectivity index (χ1v) is 11.2. The molecule has 2 saturated heterocycles. The predicted octanol–water partition coefficient (Wildman–Crippen LogP) is 3.68. The van der Waals surface area contributed by atoms with Crippen molar-refractivity contribution >= 4 is 17.7 Å². The molecule has 0 bridgehead atoms. The minimum Gasteiger partial charge on any atom is -0.303 e. The van der Waals surface area contributed by atoms with Crippen LogP contribution in [0.1, 0.15) is 54.4 Å². The number of hydrogen-bond donors (Lipinski definition) is 4. The molecule has 5 nitrogen and oxygen atoms in total. The number of rotatable bonds is 5. The standard InChI is InChI=1S/C25H31N5/c1-3-9-22-19(7-1)12-13-20-8-2-4-10-23(20)25(22)21-14-17-30(18-15-21)16-6-5-11-24-26-28-29-27-24/h1-4,7-10,12-13,24,26-29H,5-6,11,14-18H2. The summed E-state index contributed by atoms with van der Waals surface area (Å²) in [5.41, 5.74) is 20.6. The Kier molecular flexibility index (Phi) is 6.06. The maximum Gasteiger partial charge on any atom is 0.0859 e. The van der Waals surface area contributed by atoms with Crippen LogP contribution in [0.2, 0.25) is 0 Å². The minimum atomic E-state index is 0.326. The molecule has 2 aromatic rings. The summed E-state index contributed by atoms with van der Waals surface area (Å²) in [4.78, 5) is 2.64. The summed E-state index contributed by atoms with van der Waals surface area (Å²) < 4.78 is 0. The van der Waals surface area contributed by atoms with Crippen LogP contribution < -0.4 is 21.9 Å². The largest absolute Gasteiger partial charge is 0.303 e. The molecular formula is C25H31N5. The highest BCUT2D eigenvalue weighted by Crippen LogP contribution is 2.38. The Bertz CT molecular complexity index is 881. The van der Waals surface area contributed by atoms with Crippen molar-refractivity contribution in [3.8, 4) is 0 Å². The molecule has 2 aliphatic heterocycles. The van der Waals surface area contributed by atoms with Crippen molar-refractivity contribution in [3.05, 3.63) is 76.4 Å². The van der Waals surface area contributed by atoms with Crippen LogP contribution >= 0.6 is 0 Å². The fourth-order valence-electron chi connectivity index (χ4n) is 4.85. The highest BCUT2D eigenvalue weighted by atomic mass is 15.8. The molecule has 2 fully saturated rings. The van der Waals surface area contributed by atoms with E-state index >= 15 is 0 Å².